The Morgan fingerprint density at radius 2 is 1.94 bits per heavy atom. The highest BCUT2D eigenvalue weighted by Gasteiger charge is 2.31. The van der Waals surface area contributed by atoms with Gasteiger partial charge in [0.15, 0.2) is 0 Å². The van der Waals surface area contributed by atoms with Crippen molar-refractivity contribution in [1.82, 2.24) is 4.90 Å². The van der Waals surface area contributed by atoms with Crippen molar-refractivity contribution in [2.45, 2.75) is 26.4 Å². The molecule has 0 aromatic carbocycles. The van der Waals surface area contributed by atoms with Crippen LogP contribution < -0.4 is 0 Å². The molecule has 0 amide bonds. The standard InChI is InChI=1S/C11H18F3NO2/c1-4-6-15(8-11(12,13)14)7-9(3)10(16)17-5-2/h3-8H2,1-2H3. The Hall–Kier alpha value is -1.04. The van der Waals surface area contributed by atoms with Gasteiger partial charge >= 0.3 is 12.1 Å². The molecule has 0 unspecified atom stereocenters. The molecule has 6 heteroatoms. The average Bonchev–Trinajstić information content (AvgIpc) is 2.15. The average molecular weight is 253 g/mol. The fourth-order valence-electron chi connectivity index (χ4n) is 1.35. The topological polar surface area (TPSA) is 29.5 Å². The van der Waals surface area contributed by atoms with Crippen molar-refractivity contribution in [1.29, 1.82) is 0 Å². The highest BCUT2D eigenvalue weighted by Crippen LogP contribution is 2.17. The Balaban J connectivity index is 4.34. The quantitative estimate of drug-likeness (QED) is 0.515. The van der Waals surface area contributed by atoms with Gasteiger partial charge in [0.2, 0.25) is 0 Å². The molecule has 100 valence electrons. The van der Waals surface area contributed by atoms with E-state index in [0.717, 1.165) is 4.90 Å². The fourth-order valence-corrected chi connectivity index (χ4v) is 1.35. The van der Waals surface area contributed by atoms with Crippen LogP contribution in [0.5, 0.6) is 0 Å². The third kappa shape index (κ3) is 7.79. The molecule has 0 atom stereocenters. The number of hydrogen-bond donors (Lipinski definition) is 0. The second kappa shape index (κ2) is 7.32. The molecule has 0 saturated carbocycles. The molecule has 0 rings (SSSR count). The van der Waals surface area contributed by atoms with Crippen molar-refractivity contribution in [2.24, 2.45) is 0 Å². The summed E-state index contributed by atoms with van der Waals surface area (Å²) in [5.41, 5.74) is 0.0459. The summed E-state index contributed by atoms with van der Waals surface area (Å²) in [5.74, 6) is -0.643. The van der Waals surface area contributed by atoms with Crippen LogP contribution in [0.3, 0.4) is 0 Å². The third-order valence-corrected chi connectivity index (χ3v) is 1.92. The van der Waals surface area contributed by atoms with E-state index in [4.69, 9.17) is 0 Å². The lowest BCUT2D eigenvalue weighted by molar-refractivity contribution is -0.147. The second-order valence-electron chi connectivity index (χ2n) is 3.65. The maximum Gasteiger partial charge on any atom is 0.401 e. The fraction of sp³-hybridized carbons (Fsp3) is 0.727. The van der Waals surface area contributed by atoms with Crippen LogP contribution in [-0.2, 0) is 9.53 Å². The van der Waals surface area contributed by atoms with Gasteiger partial charge in [-0.05, 0) is 19.9 Å². The Labute approximate surface area is 99.2 Å². The van der Waals surface area contributed by atoms with Crippen LogP contribution in [0, 0.1) is 0 Å². The van der Waals surface area contributed by atoms with E-state index in [0.29, 0.717) is 6.42 Å². The van der Waals surface area contributed by atoms with E-state index in [2.05, 4.69) is 11.3 Å². The lowest BCUT2D eigenvalue weighted by Crippen LogP contribution is -2.37. The third-order valence-electron chi connectivity index (χ3n) is 1.92. The van der Waals surface area contributed by atoms with Crippen LogP contribution in [0.2, 0.25) is 0 Å². The summed E-state index contributed by atoms with van der Waals surface area (Å²) in [4.78, 5) is 12.4. The first-order valence-corrected chi connectivity index (χ1v) is 5.44. The highest BCUT2D eigenvalue weighted by atomic mass is 19.4. The number of halogens is 3. The van der Waals surface area contributed by atoms with E-state index in [1.807, 2.05) is 0 Å². The van der Waals surface area contributed by atoms with Crippen molar-refractivity contribution in [3.63, 3.8) is 0 Å². The zero-order valence-corrected chi connectivity index (χ0v) is 10.1. The molecule has 0 aliphatic heterocycles. The van der Waals surface area contributed by atoms with Crippen LogP contribution in [0.25, 0.3) is 0 Å². The van der Waals surface area contributed by atoms with Crippen molar-refractivity contribution in [3.8, 4) is 0 Å². The summed E-state index contributed by atoms with van der Waals surface area (Å²) in [6.07, 6.45) is -3.70. The normalized spacial score (nSPS) is 11.6. The van der Waals surface area contributed by atoms with Crippen LogP contribution >= 0.6 is 0 Å². The molecule has 0 N–H and O–H groups in total. The van der Waals surface area contributed by atoms with Gasteiger partial charge in [-0.2, -0.15) is 13.2 Å². The predicted molar refractivity (Wildman–Crippen MR) is 58.6 cm³/mol. The number of nitrogens with zero attached hydrogens (tertiary/aromatic N) is 1. The first-order valence-electron chi connectivity index (χ1n) is 5.44. The minimum absolute atomic E-state index is 0.0459. The molecule has 3 nitrogen and oxygen atoms in total. The molecule has 0 aliphatic carbocycles. The molecule has 0 heterocycles. The van der Waals surface area contributed by atoms with Gasteiger partial charge in [0.05, 0.1) is 13.2 Å². The Morgan fingerprint density at radius 3 is 2.35 bits per heavy atom. The monoisotopic (exact) mass is 253 g/mol. The lowest BCUT2D eigenvalue weighted by Gasteiger charge is -2.23. The molecule has 17 heavy (non-hydrogen) atoms. The molecule has 0 bridgehead atoms. The summed E-state index contributed by atoms with van der Waals surface area (Å²) in [7, 11) is 0. The largest absolute Gasteiger partial charge is 0.463 e. The molecule has 0 saturated heterocycles. The van der Waals surface area contributed by atoms with Crippen molar-refractivity contribution >= 4 is 5.97 Å². The highest BCUT2D eigenvalue weighted by molar-refractivity contribution is 5.88. The van der Waals surface area contributed by atoms with Gasteiger partial charge in [0.1, 0.15) is 0 Å². The lowest BCUT2D eigenvalue weighted by atomic mass is 10.2. The smallest absolute Gasteiger partial charge is 0.401 e. The Morgan fingerprint density at radius 1 is 1.35 bits per heavy atom. The Kier molecular flexibility index (Phi) is 6.87. The number of esters is 1. The number of hydrogen-bond acceptors (Lipinski definition) is 3. The van der Waals surface area contributed by atoms with Crippen molar-refractivity contribution in [3.05, 3.63) is 12.2 Å². The number of carbonyl (C=O) groups excluding carboxylic acids is 1. The van der Waals surface area contributed by atoms with E-state index < -0.39 is 18.7 Å². The van der Waals surface area contributed by atoms with Gasteiger partial charge < -0.3 is 4.74 Å². The van der Waals surface area contributed by atoms with Crippen LogP contribution in [0.4, 0.5) is 13.2 Å². The maximum atomic E-state index is 12.2. The first kappa shape index (κ1) is 16.0. The maximum absolute atomic E-state index is 12.2. The molecular formula is C11H18F3NO2. The first-order chi connectivity index (χ1) is 7.80. The molecule has 0 aromatic heterocycles. The zero-order valence-electron chi connectivity index (χ0n) is 10.1. The summed E-state index contributed by atoms with van der Waals surface area (Å²) < 4.78 is 41.4. The molecule has 0 fully saturated rings. The number of ether oxygens (including phenoxy) is 1. The molecular weight excluding hydrogens is 235 g/mol. The Bertz CT molecular complexity index is 264. The second-order valence-corrected chi connectivity index (χ2v) is 3.65. The molecule has 0 radical (unpaired) electrons. The van der Waals surface area contributed by atoms with Crippen LogP contribution in [0.1, 0.15) is 20.3 Å². The van der Waals surface area contributed by atoms with Crippen LogP contribution in [-0.4, -0.2) is 43.3 Å². The molecule has 0 aliphatic rings. The van der Waals surface area contributed by atoms with E-state index in [1.54, 1.807) is 13.8 Å². The number of alkyl halides is 3. The predicted octanol–water partition coefficient (Wildman–Crippen LogP) is 2.38. The molecule has 0 aromatic rings. The van der Waals surface area contributed by atoms with Gasteiger partial charge in [-0.25, -0.2) is 4.79 Å². The number of rotatable bonds is 7. The SMILES string of the molecule is C=C(CN(CCC)CC(F)(F)F)C(=O)OCC. The van der Waals surface area contributed by atoms with E-state index in [-0.39, 0.29) is 25.3 Å². The summed E-state index contributed by atoms with van der Waals surface area (Å²) >= 11 is 0. The van der Waals surface area contributed by atoms with Gasteiger partial charge in [-0.15, -0.1) is 0 Å². The summed E-state index contributed by atoms with van der Waals surface area (Å²) in [6, 6.07) is 0. The number of carbonyl (C=O) groups is 1. The van der Waals surface area contributed by atoms with Crippen molar-refractivity contribution < 1.29 is 22.7 Å². The van der Waals surface area contributed by atoms with Gasteiger partial charge in [0.25, 0.3) is 0 Å². The zero-order chi connectivity index (χ0) is 13.5. The van der Waals surface area contributed by atoms with E-state index in [9.17, 15) is 18.0 Å². The minimum atomic E-state index is -4.27. The van der Waals surface area contributed by atoms with Gasteiger partial charge in [-0.1, -0.05) is 13.5 Å². The van der Waals surface area contributed by atoms with E-state index >= 15 is 0 Å². The summed E-state index contributed by atoms with van der Waals surface area (Å²) in [6.45, 7) is 6.13. The summed E-state index contributed by atoms with van der Waals surface area (Å²) in [5, 5.41) is 0. The van der Waals surface area contributed by atoms with Crippen molar-refractivity contribution in [2.75, 3.05) is 26.2 Å². The van der Waals surface area contributed by atoms with Crippen LogP contribution in [0.15, 0.2) is 12.2 Å². The van der Waals surface area contributed by atoms with Gasteiger partial charge in [-0.3, -0.25) is 4.90 Å². The molecule has 0 spiro atoms. The van der Waals surface area contributed by atoms with Gasteiger partial charge in [0, 0.05) is 12.1 Å². The minimum Gasteiger partial charge on any atom is -0.463 e. The van der Waals surface area contributed by atoms with E-state index in [1.165, 1.54) is 0 Å².